The number of rotatable bonds is 5. The zero-order valence-corrected chi connectivity index (χ0v) is 12.7. The lowest BCUT2D eigenvalue weighted by molar-refractivity contribution is 0.624. The average molecular weight is 307 g/mol. The molecule has 0 amide bonds. The lowest BCUT2D eigenvalue weighted by Gasteiger charge is -2.24. The van der Waals surface area contributed by atoms with E-state index in [-0.39, 0.29) is 11.3 Å². The van der Waals surface area contributed by atoms with Crippen molar-refractivity contribution < 1.29 is 12.8 Å². The Morgan fingerprint density at radius 2 is 1.95 bits per heavy atom. The molecule has 1 aromatic carbocycles. The van der Waals surface area contributed by atoms with Crippen molar-refractivity contribution in [1.29, 1.82) is 0 Å². The molecule has 1 aliphatic carbocycles. The van der Waals surface area contributed by atoms with E-state index in [2.05, 4.69) is 11.8 Å². The first kappa shape index (κ1) is 15.5. The molecule has 0 aliphatic heterocycles. The number of halogens is 1. The van der Waals surface area contributed by atoms with Crippen LogP contribution in [-0.4, -0.2) is 26.4 Å². The Labute approximate surface area is 125 Å². The average Bonchev–Trinajstić information content (AvgIpc) is 2.50. The van der Waals surface area contributed by atoms with Crippen LogP contribution in [0.4, 0.5) is 10.1 Å². The summed E-state index contributed by atoms with van der Waals surface area (Å²) in [6.45, 7) is 3.59. The van der Waals surface area contributed by atoms with Gasteiger partial charge >= 0.3 is 0 Å². The molecule has 112 valence electrons. The molecule has 0 saturated heterocycles. The van der Waals surface area contributed by atoms with Gasteiger partial charge in [0.15, 0.2) is 0 Å². The van der Waals surface area contributed by atoms with Gasteiger partial charge in [-0.3, -0.25) is 0 Å². The van der Waals surface area contributed by atoms with Crippen molar-refractivity contribution >= 4 is 20.8 Å². The number of hydrogen-bond donors (Lipinski definition) is 0. The molecule has 0 N–H and O–H groups in total. The molecule has 0 unspecified atom stereocenters. The van der Waals surface area contributed by atoms with Crippen molar-refractivity contribution in [3.8, 4) is 0 Å². The third-order valence-electron chi connectivity index (χ3n) is 3.51. The van der Waals surface area contributed by atoms with Crippen LogP contribution in [0.15, 0.2) is 53.9 Å². The summed E-state index contributed by atoms with van der Waals surface area (Å²) in [5.41, 5.74) is 1.69. The van der Waals surface area contributed by atoms with Crippen molar-refractivity contribution in [2.45, 2.75) is 19.8 Å². The van der Waals surface area contributed by atoms with Crippen molar-refractivity contribution in [1.82, 2.24) is 0 Å². The van der Waals surface area contributed by atoms with E-state index in [1.807, 2.05) is 30.3 Å². The van der Waals surface area contributed by atoms with Gasteiger partial charge in [0.05, 0.1) is 4.86 Å². The summed E-state index contributed by atoms with van der Waals surface area (Å²) in [5.74, 6) is -0.440. The van der Waals surface area contributed by atoms with Gasteiger partial charge in [-0.05, 0) is 37.1 Å². The van der Waals surface area contributed by atoms with Gasteiger partial charge in [-0.1, -0.05) is 24.3 Å². The monoisotopic (exact) mass is 307 g/mol. The Morgan fingerprint density at radius 1 is 1.24 bits per heavy atom. The van der Waals surface area contributed by atoms with E-state index in [0.717, 1.165) is 18.3 Å². The molecule has 0 heterocycles. The highest BCUT2D eigenvalue weighted by atomic mass is 32.2. The summed E-state index contributed by atoms with van der Waals surface area (Å²) in [5, 5.41) is 0. The molecular weight excluding hydrogens is 289 g/mol. The number of anilines is 1. The van der Waals surface area contributed by atoms with E-state index in [1.54, 1.807) is 6.08 Å². The maximum Gasteiger partial charge on any atom is 0.217 e. The van der Waals surface area contributed by atoms with Crippen molar-refractivity contribution in [2.75, 3.05) is 18.0 Å². The minimum Gasteiger partial charge on any atom is -0.371 e. The molecule has 0 aromatic heterocycles. The Kier molecular flexibility index (Phi) is 5.33. The second kappa shape index (κ2) is 7.22. The Hall–Kier alpha value is -1.88. The SMILES string of the molecule is CCN(CCC1=CCC(=S(=O)=O)C=C1F)c1ccccc1. The van der Waals surface area contributed by atoms with Gasteiger partial charge < -0.3 is 4.90 Å². The number of allylic oxidation sites excluding steroid dienone is 3. The van der Waals surface area contributed by atoms with Gasteiger partial charge in [-0.15, -0.1) is 0 Å². The van der Waals surface area contributed by atoms with Crippen molar-refractivity contribution in [2.24, 2.45) is 0 Å². The highest BCUT2D eigenvalue weighted by molar-refractivity contribution is 7.73. The first-order chi connectivity index (χ1) is 10.1. The largest absolute Gasteiger partial charge is 0.371 e. The van der Waals surface area contributed by atoms with E-state index < -0.39 is 16.1 Å². The molecule has 0 radical (unpaired) electrons. The Morgan fingerprint density at radius 3 is 2.52 bits per heavy atom. The highest BCUT2D eigenvalue weighted by Gasteiger charge is 2.14. The number of nitrogens with zero attached hydrogens (tertiary/aromatic N) is 1. The minimum atomic E-state index is -2.34. The van der Waals surface area contributed by atoms with Crippen LogP contribution in [-0.2, 0) is 10.3 Å². The summed E-state index contributed by atoms with van der Waals surface area (Å²) < 4.78 is 35.5. The van der Waals surface area contributed by atoms with Crippen LogP contribution in [0.5, 0.6) is 0 Å². The van der Waals surface area contributed by atoms with Crippen molar-refractivity contribution in [3.05, 3.63) is 53.9 Å². The summed E-state index contributed by atoms with van der Waals surface area (Å²) in [6, 6.07) is 9.96. The van der Waals surface area contributed by atoms with Crippen LogP contribution < -0.4 is 4.90 Å². The summed E-state index contributed by atoms with van der Waals surface area (Å²) in [4.78, 5) is 2.27. The second-order valence-electron chi connectivity index (χ2n) is 4.79. The zero-order valence-electron chi connectivity index (χ0n) is 11.9. The maximum atomic E-state index is 13.9. The van der Waals surface area contributed by atoms with Gasteiger partial charge in [0.25, 0.3) is 0 Å². The molecule has 0 bridgehead atoms. The maximum absolute atomic E-state index is 13.9. The fourth-order valence-corrected chi connectivity index (χ4v) is 2.74. The first-order valence-corrected chi connectivity index (χ1v) is 8.01. The van der Waals surface area contributed by atoms with Crippen LogP contribution in [0.3, 0.4) is 0 Å². The first-order valence-electron chi connectivity index (χ1n) is 6.93. The molecule has 5 heteroatoms. The van der Waals surface area contributed by atoms with E-state index in [4.69, 9.17) is 0 Å². The van der Waals surface area contributed by atoms with E-state index in [1.165, 1.54) is 0 Å². The smallest absolute Gasteiger partial charge is 0.217 e. The number of para-hydroxylation sites is 1. The van der Waals surface area contributed by atoms with Gasteiger partial charge in [0.2, 0.25) is 10.3 Å². The molecule has 0 saturated carbocycles. The normalized spacial score (nSPS) is 14.5. The van der Waals surface area contributed by atoms with Crippen molar-refractivity contribution in [3.63, 3.8) is 0 Å². The Bertz CT molecular complexity index is 682. The van der Waals surface area contributed by atoms with Gasteiger partial charge in [0.1, 0.15) is 5.83 Å². The Balaban J connectivity index is 2.04. The second-order valence-corrected chi connectivity index (χ2v) is 5.79. The lowest BCUT2D eigenvalue weighted by Crippen LogP contribution is -2.24. The third kappa shape index (κ3) is 4.04. The van der Waals surface area contributed by atoms with E-state index >= 15 is 0 Å². The molecule has 3 nitrogen and oxygen atoms in total. The van der Waals surface area contributed by atoms with Crippen LogP contribution in [0.1, 0.15) is 19.8 Å². The van der Waals surface area contributed by atoms with E-state index in [9.17, 15) is 12.8 Å². The topological polar surface area (TPSA) is 37.4 Å². The number of hydrogen-bond acceptors (Lipinski definition) is 3. The molecule has 0 spiro atoms. The summed E-state index contributed by atoms with van der Waals surface area (Å²) in [6.07, 6.45) is 3.62. The van der Waals surface area contributed by atoms with Crippen LogP contribution in [0.2, 0.25) is 0 Å². The molecular formula is C16H18FNO2S. The predicted molar refractivity (Wildman–Crippen MR) is 84.8 cm³/mol. The fraction of sp³-hybridized carbons (Fsp3) is 0.312. The van der Waals surface area contributed by atoms with Gasteiger partial charge in [-0.25, -0.2) is 4.39 Å². The summed E-state index contributed by atoms with van der Waals surface area (Å²) in [7, 11) is -2.34. The fourth-order valence-electron chi connectivity index (χ4n) is 2.32. The van der Waals surface area contributed by atoms with Crippen LogP contribution >= 0.6 is 0 Å². The van der Waals surface area contributed by atoms with Crippen LogP contribution in [0, 0.1) is 0 Å². The molecule has 1 aliphatic rings. The third-order valence-corrected chi connectivity index (χ3v) is 4.22. The van der Waals surface area contributed by atoms with Crippen LogP contribution in [0.25, 0.3) is 0 Å². The van der Waals surface area contributed by atoms with Gasteiger partial charge in [0, 0.05) is 25.2 Å². The minimum absolute atomic E-state index is 0.103. The van der Waals surface area contributed by atoms with E-state index in [0.29, 0.717) is 18.5 Å². The molecule has 0 fully saturated rings. The zero-order chi connectivity index (χ0) is 15.2. The quantitative estimate of drug-likeness (QED) is 0.784. The van der Waals surface area contributed by atoms with Gasteiger partial charge in [-0.2, -0.15) is 8.42 Å². The summed E-state index contributed by atoms with van der Waals surface area (Å²) >= 11 is 0. The molecule has 0 atom stereocenters. The number of benzene rings is 1. The molecule has 1 aromatic rings. The molecule has 2 rings (SSSR count). The standard InChI is InChI=1S/C16H18FNO2S/c1-2-18(14-6-4-3-5-7-14)11-10-13-8-9-15(21(19)20)12-16(13)17/h3-8,12H,2,9-11H2,1H3. The lowest BCUT2D eigenvalue weighted by atomic mass is 10.0. The highest BCUT2D eigenvalue weighted by Crippen LogP contribution is 2.23. The molecule has 21 heavy (non-hydrogen) atoms. The predicted octanol–water partition coefficient (Wildman–Crippen LogP) is 3.14.